The molecule has 7 nitrogen and oxygen atoms in total. The number of nitrogens with zero attached hydrogens (tertiary/aromatic N) is 2. The van der Waals surface area contributed by atoms with E-state index in [0.717, 1.165) is 40.6 Å². The predicted molar refractivity (Wildman–Crippen MR) is 125 cm³/mol. The van der Waals surface area contributed by atoms with Crippen molar-refractivity contribution in [3.8, 4) is 17.1 Å². The SMILES string of the molecule is CCC[B]O[C@]1(CC)C(=O)OCc2c1cc1n(c2=O)Cc2c-1nc1ccc(O)cc1c2CC. The molecular formula is C25H26BN2O5. The summed E-state index contributed by atoms with van der Waals surface area (Å²) in [5.74, 6) is -0.283. The first-order valence-electron chi connectivity index (χ1n) is 11.5. The molecule has 33 heavy (non-hydrogen) atoms. The molecule has 2 aliphatic rings. The van der Waals surface area contributed by atoms with Crippen LogP contribution in [0.15, 0.2) is 29.1 Å². The average Bonchev–Trinajstić information content (AvgIpc) is 3.18. The van der Waals surface area contributed by atoms with Crippen LogP contribution in [-0.2, 0) is 39.4 Å². The number of hydrogen-bond acceptors (Lipinski definition) is 6. The van der Waals surface area contributed by atoms with Gasteiger partial charge in [-0.2, -0.15) is 0 Å². The van der Waals surface area contributed by atoms with E-state index in [0.29, 0.717) is 36.1 Å². The minimum absolute atomic E-state index is 0.0631. The van der Waals surface area contributed by atoms with Crippen LogP contribution >= 0.6 is 0 Å². The Hall–Kier alpha value is -3.13. The number of rotatable bonds is 6. The standard InChI is InChI=1S/C25H26BN2O5/c1-4-9-26-33-25(6-3)19-11-21-22-17(12-28(21)23(30)18(19)13-32-24(25)31)15(5-2)16-10-14(29)7-8-20(16)27-22/h7-8,10-11,29H,4-6,9,12-13H2,1-3H3/t25-/m0/s1. The van der Waals surface area contributed by atoms with Gasteiger partial charge in [-0.05, 0) is 42.7 Å². The summed E-state index contributed by atoms with van der Waals surface area (Å²) < 4.78 is 13.2. The van der Waals surface area contributed by atoms with Crippen molar-refractivity contribution in [1.82, 2.24) is 9.55 Å². The molecule has 0 saturated heterocycles. The number of carbonyl (C=O) groups excluding carboxylic acids is 1. The molecule has 169 valence electrons. The van der Waals surface area contributed by atoms with Gasteiger partial charge in [0, 0.05) is 16.5 Å². The summed E-state index contributed by atoms with van der Waals surface area (Å²) in [5.41, 5.74) is 3.74. The second kappa shape index (κ2) is 8.03. The number of esters is 1. The Morgan fingerprint density at radius 1 is 1.21 bits per heavy atom. The highest BCUT2D eigenvalue weighted by Gasteiger charge is 2.47. The first-order valence-corrected chi connectivity index (χ1v) is 11.5. The van der Waals surface area contributed by atoms with E-state index in [2.05, 4.69) is 6.92 Å². The van der Waals surface area contributed by atoms with Gasteiger partial charge in [-0.3, -0.25) is 4.79 Å². The predicted octanol–water partition coefficient (Wildman–Crippen LogP) is 3.82. The first-order chi connectivity index (χ1) is 15.9. The van der Waals surface area contributed by atoms with Crippen molar-refractivity contribution in [3.05, 3.63) is 56.9 Å². The number of carbonyl (C=O) groups is 1. The lowest BCUT2D eigenvalue weighted by Crippen LogP contribution is -2.47. The van der Waals surface area contributed by atoms with Crippen molar-refractivity contribution < 1.29 is 19.3 Å². The minimum Gasteiger partial charge on any atom is -0.508 e. The lowest BCUT2D eigenvalue weighted by atomic mass is 9.82. The highest BCUT2D eigenvalue weighted by Crippen LogP contribution is 2.42. The number of benzene rings is 1. The molecule has 1 N–H and O–H groups in total. The van der Waals surface area contributed by atoms with Crippen LogP contribution in [0.3, 0.4) is 0 Å². The Morgan fingerprint density at radius 2 is 2.03 bits per heavy atom. The zero-order valence-corrected chi connectivity index (χ0v) is 19.1. The van der Waals surface area contributed by atoms with Crippen molar-refractivity contribution in [2.75, 3.05) is 0 Å². The Kier molecular flexibility index (Phi) is 5.28. The van der Waals surface area contributed by atoms with Gasteiger partial charge < -0.3 is 19.1 Å². The van der Waals surface area contributed by atoms with E-state index in [4.69, 9.17) is 14.4 Å². The Labute approximate surface area is 192 Å². The van der Waals surface area contributed by atoms with Gasteiger partial charge in [0.05, 0.1) is 29.0 Å². The smallest absolute Gasteiger partial charge is 0.341 e. The fourth-order valence-electron chi connectivity index (χ4n) is 5.06. The molecule has 8 heteroatoms. The second-order valence-electron chi connectivity index (χ2n) is 8.62. The van der Waals surface area contributed by atoms with Crippen molar-refractivity contribution in [1.29, 1.82) is 0 Å². The number of aromatic nitrogens is 2. The van der Waals surface area contributed by atoms with E-state index in [-0.39, 0.29) is 17.9 Å². The van der Waals surface area contributed by atoms with E-state index in [9.17, 15) is 14.7 Å². The molecule has 2 aromatic heterocycles. The molecule has 1 atom stereocenters. The van der Waals surface area contributed by atoms with Crippen LogP contribution in [-0.4, -0.2) is 28.1 Å². The molecule has 1 radical (unpaired) electrons. The Bertz CT molecular complexity index is 1350. The normalized spacial score (nSPS) is 18.6. The van der Waals surface area contributed by atoms with Gasteiger partial charge in [-0.1, -0.05) is 33.5 Å². The third kappa shape index (κ3) is 3.11. The van der Waals surface area contributed by atoms with Crippen molar-refractivity contribution in [2.45, 2.75) is 65.1 Å². The highest BCUT2D eigenvalue weighted by molar-refractivity contribution is 6.27. The van der Waals surface area contributed by atoms with E-state index in [1.807, 2.05) is 19.9 Å². The van der Waals surface area contributed by atoms with E-state index in [1.54, 1.807) is 30.2 Å². The number of hydrogen-bond donors (Lipinski definition) is 1. The lowest BCUT2D eigenvalue weighted by Gasteiger charge is -2.36. The number of aromatic hydroxyl groups is 1. The molecule has 0 bridgehead atoms. The maximum atomic E-state index is 13.6. The van der Waals surface area contributed by atoms with Crippen molar-refractivity contribution in [3.63, 3.8) is 0 Å². The Morgan fingerprint density at radius 3 is 2.76 bits per heavy atom. The molecule has 0 unspecified atom stereocenters. The van der Waals surface area contributed by atoms with Crippen LogP contribution in [0.4, 0.5) is 0 Å². The van der Waals surface area contributed by atoms with Gasteiger partial charge in [-0.15, -0.1) is 0 Å². The average molecular weight is 445 g/mol. The number of phenolic OH excluding ortho intramolecular Hbond substituents is 1. The zero-order chi connectivity index (χ0) is 23.3. The fraction of sp³-hybridized carbons (Fsp3) is 0.400. The molecule has 4 heterocycles. The van der Waals surface area contributed by atoms with Crippen LogP contribution < -0.4 is 5.56 Å². The third-order valence-electron chi connectivity index (χ3n) is 6.80. The molecule has 0 saturated carbocycles. The van der Waals surface area contributed by atoms with Gasteiger partial charge in [0.2, 0.25) is 0 Å². The Balaban J connectivity index is 1.75. The van der Waals surface area contributed by atoms with Gasteiger partial charge in [0.15, 0.2) is 5.60 Å². The number of ether oxygens (including phenoxy) is 1. The minimum atomic E-state index is -1.34. The largest absolute Gasteiger partial charge is 0.508 e. The molecule has 0 fully saturated rings. The lowest BCUT2D eigenvalue weighted by molar-refractivity contribution is -0.168. The van der Waals surface area contributed by atoms with Crippen LogP contribution in [0.5, 0.6) is 5.75 Å². The number of fused-ring (bicyclic) bond motifs is 5. The number of pyridine rings is 2. The van der Waals surface area contributed by atoms with Gasteiger partial charge in [0.25, 0.3) is 13.0 Å². The highest BCUT2D eigenvalue weighted by atomic mass is 16.6. The topological polar surface area (TPSA) is 90.7 Å². The summed E-state index contributed by atoms with van der Waals surface area (Å²) >= 11 is 0. The van der Waals surface area contributed by atoms with E-state index < -0.39 is 11.6 Å². The van der Waals surface area contributed by atoms with Crippen LogP contribution in [0, 0.1) is 0 Å². The van der Waals surface area contributed by atoms with Crippen molar-refractivity contribution in [2.24, 2.45) is 0 Å². The van der Waals surface area contributed by atoms with E-state index >= 15 is 0 Å². The van der Waals surface area contributed by atoms with Gasteiger partial charge in [-0.25, -0.2) is 9.78 Å². The first kappa shape index (κ1) is 21.7. The van der Waals surface area contributed by atoms with E-state index in [1.165, 1.54) is 0 Å². The fourth-order valence-corrected chi connectivity index (χ4v) is 5.06. The second-order valence-corrected chi connectivity index (χ2v) is 8.62. The summed E-state index contributed by atoms with van der Waals surface area (Å²) in [4.78, 5) is 31.4. The maximum absolute atomic E-state index is 13.6. The molecule has 0 amide bonds. The van der Waals surface area contributed by atoms with Crippen LogP contribution in [0.25, 0.3) is 22.3 Å². The monoisotopic (exact) mass is 445 g/mol. The van der Waals surface area contributed by atoms with Gasteiger partial charge >= 0.3 is 5.97 Å². The van der Waals surface area contributed by atoms with Crippen molar-refractivity contribution >= 4 is 24.4 Å². The molecule has 2 aliphatic heterocycles. The number of phenols is 1. The summed E-state index contributed by atoms with van der Waals surface area (Å²) in [6, 6.07) is 7.03. The van der Waals surface area contributed by atoms with Crippen LogP contribution in [0.1, 0.15) is 55.9 Å². The molecule has 0 aliphatic carbocycles. The summed E-state index contributed by atoms with van der Waals surface area (Å²) in [5, 5.41) is 10.9. The summed E-state index contributed by atoms with van der Waals surface area (Å²) in [7, 11) is 1.64. The quantitative estimate of drug-likeness (QED) is 0.276. The maximum Gasteiger partial charge on any atom is 0.341 e. The molecule has 0 spiro atoms. The number of cyclic esters (lactones) is 1. The zero-order valence-electron chi connectivity index (χ0n) is 19.1. The summed E-state index contributed by atoms with van der Waals surface area (Å²) in [6.45, 7) is 6.29. The molecule has 5 rings (SSSR count). The summed E-state index contributed by atoms with van der Waals surface area (Å²) in [6.07, 6.45) is 2.66. The molecule has 1 aromatic carbocycles. The molecule has 3 aromatic rings. The van der Waals surface area contributed by atoms with Gasteiger partial charge in [0.1, 0.15) is 12.4 Å². The van der Waals surface area contributed by atoms with Crippen LogP contribution in [0.2, 0.25) is 6.32 Å². The molecular weight excluding hydrogens is 419 g/mol. The third-order valence-corrected chi connectivity index (χ3v) is 6.80. The number of aryl methyl sites for hydroxylation is 1.